The molecule has 0 unspecified atom stereocenters. The first-order valence-electron chi connectivity index (χ1n) is 8.12. The molecule has 4 rings (SSSR count). The van der Waals surface area contributed by atoms with Crippen LogP contribution in [0.3, 0.4) is 0 Å². The SMILES string of the molecule is CC1(C)c2ccccc2-n2c1cc(O)c(Cc1ccccc1)c2=O. The third-order valence-electron chi connectivity index (χ3n) is 4.97. The van der Waals surface area contributed by atoms with Gasteiger partial charge in [-0.05, 0) is 17.2 Å². The molecule has 0 aliphatic carbocycles. The summed E-state index contributed by atoms with van der Waals surface area (Å²) < 4.78 is 1.76. The largest absolute Gasteiger partial charge is 0.507 e. The highest BCUT2D eigenvalue weighted by Gasteiger charge is 2.37. The number of hydrogen-bond donors (Lipinski definition) is 1. The van der Waals surface area contributed by atoms with Crippen molar-refractivity contribution in [3.63, 3.8) is 0 Å². The van der Waals surface area contributed by atoms with Gasteiger partial charge in [0, 0.05) is 23.6 Å². The molecule has 0 atom stereocenters. The number of rotatable bonds is 2. The van der Waals surface area contributed by atoms with Crippen LogP contribution >= 0.6 is 0 Å². The number of benzene rings is 2. The normalized spacial score (nSPS) is 14.2. The summed E-state index contributed by atoms with van der Waals surface area (Å²) in [6.07, 6.45) is 0.425. The molecule has 3 aromatic rings. The van der Waals surface area contributed by atoms with Crippen LogP contribution in [0.5, 0.6) is 5.75 Å². The van der Waals surface area contributed by atoms with E-state index in [1.54, 1.807) is 10.6 Å². The van der Waals surface area contributed by atoms with E-state index in [4.69, 9.17) is 0 Å². The van der Waals surface area contributed by atoms with Gasteiger partial charge in [0.05, 0.1) is 11.3 Å². The molecule has 0 fully saturated rings. The van der Waals surface area contributed by atoms with Crippen molar-refractivity contribution in [1.82, 2.24) is 4.57 Å². The Morgan fingerprint density at radius 1 is 1.00 bits per heavy atom. The predicted molar refractivity (Wildman–Crippen MR) is 95.1 cm³/mol. The smallest absolute Gasteiger partial charge is 0.262 e. The van der Waals surface area contributed by atoms with Crippen LogP contribution in [0.15, 0.2) is 65.5 Å². The molecule has 24 heavy (non-hydrogen) atoms. The van der Waals surface area contributed by atoms with Gasteiger partial charge in [0.2, 0.25) is 0 Å². The summed E-state index contributed by atoms with van der Waals surface area (Å²) in [5.74, 6) is 0.0796. The van der Waals surface area contributed by atoms with Crippen LogP contribution in [0.1, 0.15) is 36.2 Å². The van der Waals surface area contributed by atoms with E-state index >= 15 is 0 Å². The fraction of sp³-hybridized carbons (Fsp3) is 0.190. The van der Waals surface area contributed by atoms with Crippen molar-refractivity contribution in [1.29, 1.82) is 0 Å². The second kappa shape index (κ2) is 5.10. The Morgan fingerprint density at radius 2 is 1.67 bits per heavy atom. The molecule has 0 saturated carbocycles. The van der Waals surface area contributed by atoms with Crippen molar-refractivity contribution in [2.45, 2.75) is 25.7 Å². The molecule has 0 bridgehead atoms. The van der Waals surface area contributed by atoms with E-state index in [2.05, 4.69) is 19.9 Å². The number of para-hydroxylation sites is 1. The minimum atomic E-state index is -0.307. The molecule has 1 aliphatic rings. The van der Waals surface area contributed by atoms with Crippen molar-refractivity contribution in [2.24, 2.45) is 0 Å². The molecule has 0 spiro atoms. The Labute approximate surface area is 140 Å². The van der Waals surface area contributed by atoms with Gasteiger partial charge in [-0.3, -0.25) is 9.36 Å². The van der Waals surface area contributed by atoms with Crippen LogP contribution in [0, 0.1) is 0 Å². The second-order valence-corrected chi connectivity index (χ2v) is 6.84. The van der Waals surface area contributed by atoms with Crippen molar-refractivity contribution in [3.8, 4) is 11.4 Å². The quantitative estimate of drug-likeness (QED) is 0.782. The zero-order valence-corrected chi connectivity index (χ0v) is 13.8. The van der Waals surface area contributed by atoms with Crippen molar-refractivity contribution < 1.29 is 5.11 Å². The molecule has 1 aliphatic heterocycles. The summed E-state index contributed by atoms with van der Waals surface area (Å²) in [5.41, 5.74) is 3.87. The van der Waals surface area contributed by atoms with Crippen LogP contribution in [-0.2, 0) is 11.8 Å². The lowest BCUT2D eigenvalue weighted by Crippen LogP contribution is -2.26. The zero-order chi connectivity index (χ0) is 16.9. The highest BCUT2D eigenvalue weighted by molar-refractivity contribution is 5.58. The fourth-order valence-corrected chi connectivity index (χ4v) is 3.64. The monoisotopic (exact) mass is 317 g/mol. The summed E-state index contributed by atoms with van der Waals surface area (Å²) in [7, 11) is 0. The highest BCUT2D eigenvalue weighted by atomic mass is 16.3. The fourth-order valence-electron chi connectivity index (χ4n) is 3.64. The Morgan fingerprint density at radius 3 is 2.42 bits per heavy atom. The van der Waals surface area contributed by atoms with E-state index in [0.29, 0.717) is 12.0 Å². The van der Waals surface area contributed by atoms with Gasteiger partial charge >= 0.3 is 0 Å². The molecule has 3 heteroatoms. The van der Waals surface area contributed by atoms with Crippen molar-refractivity contribution >= 4 is 0 Å². The standard InChI is InChI=1S/C21H19NO2/c1-21(2)16-10-6-7-11-17(16)22-19(21)13-18(23)15(20(22)24)12-14-8-4-3-5-9-14/h3-11,13,23H,12H2,1-2H3. The van der Waals surface area contributed by atoms with Gasteiger partial charge in [-0.1, -0.05) is 62.4 Å². The summed E-state index contributed by atoms with van der Waals surface area (Å²) in [6.45, 7) is 4.17. The highest BCUT2D eigenvalue weighted by Crippen LogP contribution is 2.42. The Bertz CT molecular complexity index is 984. The van der Waals surface area contributed by atoms with Crippen LogP contribution < -0.4 is 5.56 Å². The molecule has 0 amide bonds. The molecule has 3 nitrogen and oxygen atoms in total. The zero-order valence-electron chi connectivity index (χ0n) is 13.8. The third-order valence-corrected chi connectivity index (χ3v) is 4.97. The van der Waals surface area contributed by atoms with Gasteiger partial charge in [-0.2, -0.15) is 0 Å². The van der Waals surface area contributed by atoms with Crippen LogP contribution in [-0.4, -0.2) is 9.67 Å². The molecule has 2 aromatic carbocycles. The van der Waals surface area contributed by atoms with Gasteiger partial charge in [-0.15, -0.1) is 0 Å². The van der Waals surface area contributed by atoms with E-state index in [0.717, 1.165) is 22.5 Å². The Balaban J connectivity index is 1.95. The molecule has 120 valence electrons. The van der Waals surface area contributed by atoms with Gasteiger partial charge in [0.15, 0.2) is 0 Å². The predicted octanol–water partition coefficient (Wildman–Crippen LogP) is 3.77. The first-order valence-corrected chi connectivity index (χ1v) is 8.12. The van der Waals surface area contributed by atoms with Gasteiger partial charge < -0.3 is 5.11 Å². The number of aromatic hydroxyl groups is 1. The van der Waals surface area contributed by atoms with Crippen molar-refractivity contribution in [3.05, 3.63) is 93.4 Å². The van der Waals surface area contributed by atoms with E-state index in [1.165, 1.54) is 0 Å². The number of pyridine rings is 1. The van der Waals surface area contributed by atoms with E-state index in [9.17, 15) is 9.90 Å². The minimum absolute atomic E-state index is 0.0796. The maximum absolute atomic E-state index is 13.1. The maximum Gasteiger partial charge on any atom is 0.262 e. The lowest BCUT2D eigenvalue weighted by molar-refractivity contribution is 0.462. The van der Waals surface area contributed by atoms with Crippen LogP contribution in [0.25, 0.3) is 5.69 Å². The Hall–Kier alpha value is -2.81. The van der Waals surface area contributed by atoms with Crippen LogP contribution in [0.2, 0.25) is 0 Å². The van der Waals surface area contributed by atoms with Gasteiger partial charge in [-0.25, -0.2) is 0 Å². The van der Waals surface area contributed by atoms with E-state index in [1.807, 2.05) is 48.5 Å². The second-order valence-electron chi connectivity index (χ2n) is 6.84. The molecule has 2 heterocycles. The summed E-state index contributed by atoms with van der Waals surface area (Å²) in [5, 5.41) is 10.5. The van der Waals surface area contributed by atoms with E-state index < -0.39 is 0 Å². The summed E-state index contributed by atoms with van der Waals surface area (Å²) in [6, 6.07) is 19.5. The number of hydrogen-bond acceptors (Lipinski definition) is 2. The van der Waals surface area contributed by atoms with Gasteiger partial charge in [0.25, 0.3) is 5.56 Å². The lowest BCUT2D eigenvalue weighted by Gasteiger charge is -2.20. The first kappa shape index (κ1) is 14.8. The number of aromatic nitrogens is 1. The topological polar surface area (TPSA) is 42.2 Å². The van der Waals surface area contributed by atoms with E-state index in [-0.39, 0.29) is 16.7 Å². The maximum atomic E-state index is 13.1. The molecule has 0 radical (unpaired) electrons. The average molecular weight is 317 g/mol. The molecular weight excluding hydrogens is 298 g/mol. The van der Waals surface area contributed by atoms with Crippen LogP contribution in [0.4, 0.5) is 0 Å². The molecule has 1 N–H and O–H groups in total. The summed E-state index contributed by atoms with van der Waals surface area (Å²) in [4.78, 5) is 13.1. The molecular formula is C21H19NO2. The molecule has 1 aromatic heterocycles. The van der Waals surface area contributed by atoms with Gasteiger partial charge in [0.1, 0.15) is 5.75 Å². The summed E-state index contributed by atoms with van der Waals surface area (Å²) >= 11 is 0. The third kappa shape index (κ3) is 2.01. The first-order chi connectivity index (χ1) is 11.5. The number of nitrogens with zero attached hydrogens (tertiary/aromatic N) is 1. The van der Waals surface area contributed by atoms with Crippen molar-refractivity contribution in [2.75, 3.05) is 0 Å². The number of fused-ring (bicyclic) bond motifs is 3. The Kier molecular flexibility index (Phi) is 3.14. The lowest BCUT2D eigenvalue weighted by atomic mass is 9.83. The molecule has 0 saturated heterocycles. The average Bonchev–Trinajstić information content (AvgIpc) is 2.81. The minimum Gasteiger partial charge on any atom is -0.507 e.